The second-order valence-electron chi connectivity index (χ2n) is 4.16. The molecule has 0 fully saturated rings. The maximum atomic E-state index is 11.2. The molecule has 5 heteroatoms. The van der Waals surface area contributed by atoms with Crippen LogP contribution in [0, 0.1) is 0 Å². The van der Waals surface area contributed by atoms with Crippen LogP contribution in [0.15, 0.2) is 18.2 Å². The van der Waals surface area contributed by atoms with Crippen molar-refractivity contribution in [2.45, 2.75) is 26.3 Å². The van der Waals surface area contributed by atoms with Crippen molar-refractivity contribution in [2.75, 3.05) is 10.6 Å². The minimum absolute atomic E-state index is 0.123. The zero-order chi connectivity index (χ0) is 11.9. The van der Waals surface area contributed by atoms with Crippen molar-refractivity contribution in [3.63, 3.8) is 0 Å². The summed E-state index contributed by atoms with van der Waals surface area (Å²) in [6, 6.07) is 5.64. The minimum atomic E-state index is -2.17. The van der Waals surface area contributed by atoms with Crippen LogP contribution in [0.1, 0.15) is 19.4 Å². The first-order chi connectivity index (χ1) is 7.50. The summed E-state index contributed by atoms with van der Waals surface area (Å²) in [6.45, 7) is 3.94. The summed E-state index contributed by atoms with van der Waals surface area (Å²) in [7, 11) is -2.17. The van der Waals surface area contributed by atoms with Crippen molar-refractivity contribution < 1.29 is 8.42 Å². The van der Waals surface area contributed by atoms with E-state index in [2.05, 4.69) is 0 Å². The first-order valence-electron chi connectivity index (χ1n) is 5.13. The van der Waals surface area contributed by atoms with Gasteiger partial charge in [-0.2, -0.15) is 8.42 Å². The first kappa shape index (κ1) is 11.0. The molecule has 0 radical (unpaired) electrons. The number of nitrogens with zero attached hydrogens (tertiary/aromatic N) is 1. The lowest BCUT2D eigenvalue weighted by atomic mass is 10.1. The summed E-state index contributed by atoms with van der Waals surface area (Å²) in [4.78, 5) is 2.27. The summed E-state index contributed by atoms with van der Waals surface area (Å²) in [5.41, 5.74) is 8.29. The van der Waals surface area contributed by atoms with Crippen LogP contribution in [0.4, 0.5) is 11.4 Å². The Hall–Kier alpha value is -1.49. The topological polar surface area (TPSA) is 63.4 Å². The molecule has 0 atom stereocenters. The fraction of sp³-hybridized carbons (Fsp3) is 0.364. The molecule has 2 N–H and O–H groups in total. The maximum absolute atomic E-state index is 11.2. The van der Waals surface area contributed by atoms with E-state index in [0.29, 0.717) is 17.1 Å². The van der Waals surface area contributed by atoms with Gasteiger partial charge in [-0.25, -0.2) is 0 Å². The minimum Gasteiger partial charge on any atom is -0.399 e. The largest absolute Gasteiger partial charge is 0.399 e. The number of anilines is 2. The van der Waals surface area contributed by atoms with E-state index in [1.165, 1.54) is 0 Å². The van der Waals surface area contributed by atoms with Crippen LogP contribution >= 0.6 is 0 Å². The normalized spacial score (nSPS) is 14.4. The van der Waals surface area contributed by atoms with Gasteiger partial charge in [0.15, 0.2) is 0 Å². The van der Waals surface area contributed by atoms with Crippen LogP contribution in [-0.4, -0.2) is 19.4 Å². The molecule has 0 amide bonds. The van der Waals surface area contributed by atoms with Crippen molar-refractivity contribution in [1.82, 2.24) is 0 Å². The molecule has 1 aromatic carbocycles. The molecule has 0 unspecified atom stereocenters. The van der Waals surface area contributed by atoms with E-state index in [9.17, 15) is 8.42 Å². The van der Waals surface area contributed by atoms with Gasteiger partial charge in [-0.1, -0.05) is 0 Å². The van der Waals surface area contributed by atoms with Gasteiger partial charge in [0.25, 0.3) is 0 Å². The van der Waals surface area contributed by atoms with Crippen LogP contribution in [-0.2, 0) is 16.7 Å². The van der Waals surface area contributed by atoms with Gasteiger partial charge in [-0.3, -0.25) is 0 Å². The van der Waals surface area contributed by atoms with Crippen LogP contribution < -0.4 is 10.6 Å². The molecule has 0 bridgehead atoms. The Bertz CT molecular complexity index is 553. The Kier molecular flexibility index (Phi) is 2.63. The molecule has 0 saturated carbocycles. The molecule has 0 spiro atoms. The number of benzene rings is 1. The second-order valence-corrected chi connectivity index (χ2v) is 5.10. The monoisotopic (exact) mass is 238 g/mol. The number of hydrogen-bond acceptors (Lipinski definition) is 3. The van der Waals surface area contributed by atoms with Crippen molar-refractivity contribution in [3.05, 3.63) is 23.8 Å². The van der Waals surface area contributed by atoms with Crippen LogP contribution in [0.2, 0.25) is 0 Å². The zero-order valence-electron chi connectivity index (χ0n) is 9.27. The molecule has 86 valence electrons. The Labute approximate surface area is 96.2 Å². The molecule has 0 aromatic heterocycles. The predicted molar refractivity (Wildman–Crippen MR) is 66.1 cm³/mol. The van der Waals surface area contributed by atoms with Crippen LogP contribution in [0.3, 0.4) is 0 Å². The van der Waals surface area contributed by atoms with Crippen molar-refractivity contribution in [2.24, 2.45) is 0 Å². The molecular weight excluding hydrogens is 224 g/mol. The molecule has 1 aromatic rings. The van der Waals surface area contributed by atoms with E-state index in [-0.39, 0.29) is 6.04 Å². The van der Waals surface area contributed by atoms with Gasteiger partial charge < -0.3 is 10.6 Å². The molecule has 0 aliphatic carbocycles. The smallest absolute Gasteiger partial charge is 0.234 e. The number of hydrogen-bond donors (Lipinski definition) is 1. The SMILES string of the molecule is CC(C)N1C(=S(=O)=O)Cc2cc(N)ccc21. The zero-order valence-corrected chi connectivity index (χ0v) is 10.1. The highest BCUT2D eigenvalue weighted by Crippen LogP contribution is 2.32. The van der Waals surface area contributed by atoms with E-state index in [4.69, 9.17) is 5.73 Å². The quantitative estimate of drug-likeness (QED) is 0.586. The Morgan fingerprint density at radius 1 is 1.38 bits per heavy atom. The summed E-state index contributed by atoms with van der Waals surface area (Å²) in [6.07, 6.45) is 0.439. The third-order valence-electron chi connectivity index (χ3n) is 2.68. The fourth-order valence-electron chi connectivity index (χ4n) is 2.07. The lowest BCUT2D eigenvalue weighted by Crippen LogP contribution is -2.34. The highest BCUT2D eigenvalue weighted by molar-refractivity contribution is 7.73. The van der Waals surface area contributed by atoms with Gasteiger partial charge in [0.05, 0.1) is 0 Å². The van der Waals surface area contributed by atoms with Gasteiger partial charge in [0.2, 0.25) is 10.3 Å². The number of nitrogens with two attached hydrogens (primary N) is 1. The summed E-state index contributed by atoms with van der Waals surface area (Å²) in [5.74, 6) is 0. The Morgan fingerprint density at radius 3 is 2.62 bits per heavy atom. The number of nitrogen functional groups attached to an aromatic ring is 1. The summed E-state index contributed by atoms with van der Waals surface area (Å²) >= 11 is 0. The van der Waals surface area contributed by atoms with Gasteiger partial charge in [0.1, 0.15) is 4.99 Å². The third-order valence-corrected chi connectivity index (χ3v) is 3.41. The van der Waals surface area contributed by atoms with Gasteiger partial charge in [0, 0.05) is 23.8 Å². The summed E-state index contributed by atoms with van der Waals surface area (Å²) in [5, 5.41) is 0. The average molecular weight is 238 g/mol. The highest BCUT2D eigenvalue weighted by atomic mass is 32.2. The first-order valence-corrected chi connectivity index (χ1v) is 6.21. The second kappa shape index (κ2) is 3.83. The van der Waals surface area contributed by atoms with Gasteiger partial charge in [-0.05, 0) is 37.6 Å². The maximum Gasteiger partial charge on any atom is 0.234 e. The average Bonchev–Trinajstić information content (AvgIpc) is 2.55. The van der Waals surface area contributed by atoms with Gasteiger partial charge >= 0.3 is 0 Å². The fourth-order valence-corrected chi connectivity index (χ4v) is 2.81. The lowest BCUT2D eigenvalue weighted by molar-refractivity contribution is 0.626. The van der Waals surface area contributed by atoms with Crippen LogP contribution in [0.25, 0.3) is 0 Å². The third kappa shape index (κ3) is 1.67. The molecule has 1 aliphatic rings. The lowest BCUT2D eigenvalue weighted by Gasteiger charge is -2.23. The van der Waals surface area contributed by atoms with E-state index < -0.39 is 10.3 Å². The van der Waals surface area contributed by atoms with Crippen molar-refractivity contribution >= 4 is 26.7 Å². The van der Waals surface area contributed by atoms with E-state index >= 15 is 0 Å². The number of rotatable bonds is 1. The molecule has 16 heavy (non-hydrogen) atoms. The number of fused-ring (bicyclic) bond motifs is 1. The predicted octanol–water partition coefficient (Wildman–Crippen LogP) is 1.05. The molecule has 0 saturated heterocycles. The standard InChI is InChI=1S/C11H14N2O2S/c1-7(2)13-10-4-3-9(12)5-8(10)6-11(13)16(14)15/h3-5,7H,6,12H2,1-2H3. The molecule has 1 aliphatic heterocycles. The molecule has 2 rings (SSSR count). The molecule has 4 nitrogen and oxygen atoms in total. The van der Waals surface area contributed by atoms with E-state index in [1.54, 1.807) is 6.07 Å². The molecular formula is C11H14N2O2S. The van der Waals surface area contributed by atoms with Crippen molar-refractivity contribution in [1.29, 1.82) is 0 Å². The highest BCUT2D eigenvalue weighted by Gasteiger charge is 2.28. The summed E-state index contributed by atoms with van der Waals surface area (Å²) < 4.78 is 22.3. The molecule has 1 heterocycles. The van der Waals surface area contributed by atoms with Crippen LogP contribution in [0.5, 0.6) is 0 Å². The van der Waals surface area contributed by atoms with E-state index in [0.717, 1.165) is 11.3 Å². The van der Waals surface area contributed by atoms with Crippen molar-refractivity contribution in [3.8, 4) is 0 Å². The van der Waals surface area contributed by atoms with E-state index in [1.807, 2.05) is 30.9 Å². The Morgan fingerprint density at radius 2 is 2.06 bits per heavy atom. The Balaban J connectivity index is 2.63. The van der Waals surface area contributed by atoms with Gasteiger partial charge in [-0.15, -0.1) is 0 Å².